The van der Waals surface area contributed by atoms with E-state index in [9.17, 15) is 0 Å². The van der Waals surface area contributed by atoms with Crippen molar-refractivity contribution in [1.29, 1.82) is 0 Å². The summed E-state index contributed by atoms with van der Waals surface area (Å²) in [6.45, 7) is 4.05. The average Bonchev–Trinajstić information content (AvgIpc) is 2.67. The Hall–Kier alpha value is -1.64. The van der Waals surface area contributed by atoms with Gasteiger partial charge in [0.05, 0.1) is 0 Å². The smallest absolute Gasteiger partial charge is 0.226 e. The van der Waals surface area contributed by atoms with E-state index < -0.39 is 0 Å². The van der Waals surface area contributed by atoms with Gasteiger partial charge in [-0.3, -0.25) is 0 Å². The van der Waals surface area contributed by atoms with Crippen molar-refractivity contribution >= 4 is 0 Å². The number of hydrogen-bond acceptors (Lipinski definition) is 3. The van der Waals surface area contributed by atoms with Crippen LogP contribution in [-0.4, -0.2) is 10.1 Å². The molecule has 0 unspecified atom stereocenters. The summed E-state index contributed by atoms with van der Waals surface area (Å²) in [7, 11) is 0. The topological polar surface area (TPSA) is 38.9 Å². The zero-order valence-electron chi connectivity index (χ0n) is 8.32. The van der Waals surface area contributed by atoms with Gasteiger partial charge in [-0.2, -0.15) is 4.98 Å². The maximum absolute atomic E-state index is 5.04. The lowest BCUT2D eigenvalue weighted by atomic mass is 10.1. The lowest BCUT2D eigenvalue weighted by Crippen LogP contribution is -1.82. The van der Waals surface area contributed by atoms with Gasteiger partial charge in [-0.1, -0.05) is 41.9 Å². The van der Waals surface area contributed by atoms with E-state index in [2.05, 4.69) is 17.1 Å². The average molecular weight is 188 g/mol. The fourth-order valence-electron chi connectivity index (χ4n) is 1.22. The molecule has 0 N–H and O–H groups in total. The molecule has 14 heavy (non-hydrogen) atoms. The van der Waals surface area contributed by atoms with E-state index in [1.54, 1.807) is 0 Å². The van der Waals surface area contributed by atoms with E-state index in [1.165, 1.54) is 5.56 Å². The van der Waals surface area contributed by atoms with Crippen LogP contribution in [0.25, 0.3) is 11.4 Å². The Morgan fingerprint density at radius 2 is 1.93 bits per heavy atom. The molecule has 2 aromatic rings. The molecular weight excluding hydrogens is 176 g/mol. The summed E-state index contributed by atoms with van der Waals surface area (Å²) < 4.78 is 5.04. The minimum Gasteiger partial charge on any atom is -0.339 e. The minimum absolute atomic E-state index is 0.668. The predicted octanol–water partition coefficient (Wildman–Crippen LogP) is 2.61. The molecule has 0 saturated carbocycles. The Morgan fingerprint density at radius 1 is 1.21 bits per heavy atom. The molecule has 0 atom stereocenters. The second-order valence-corrected chi connectivity index (χ2v) is 3.23. The predicted molar refractivity (Wildman–Crippen MR) is 53.8 cm³/mol. The number of benzene rings is 1. The molecule has 0 aliphatic heterocycles. The van der Waals surface area contributed by atoms with E-state index >= 15 is 0 Å². The van der Waals surface area contributed by atoms with Crippen molar-refractivity contribution in [3.63, 3.8) is 0 Å². The molecule has 0 aliphatic rings. The highest BCUT2D eigenvalue weighted by Crippen LogP contribution is 2.16. The highest BCUT2D eigenvalue weighted by molar-refractivity contribution is 5.54. The first kappa shape index (κ1) is 8.94. The largest absolute Gasteiger partial charge is 0.339 e. The third-order valence-corrected chi connectivity index (χ3v) is 2.08. The first-order chi connectivity index (χ1) is 6.79. The Bertz CT molecular complexity index is 417. The van der Waals surface area contributed by atoms with Crippen LogP contribution in [0.1, 0.15) is 18.4 Å². The fraction of sp³-hybridized carbons (Fsp3) is 0.273. The first-order valence-electron chi connectivity index (χ1n) is 4.69. The quantitative estimate of drug-likeness (QED) is 0.727. The summed E-state index contributed by atoms with van der Waals surface area (Å²) in [5.74, 6) is 1.35. The number of aromatic nitrogens is 2. The third kappa shape index (κ3) is 1.66. The summed E-state index contributed by atoms with van der Waals surface area (Å²) >= 11 is 0. The summed E-state index contributed by atoms with van der Waals surface area (Å²) in [6.07, 6.45) is 0.777. The molecule has 1 heterocycles. The Balaban J connectivity index is 2.34. The first-order valence-corrected chi connectivity index (χ1v) is 4.69. The molecule has 3 nitrogen and oxygen atoms in total. The number of aryl methyl sites for hydroxylation is 2. The van der Waals surface area contributed by atoms with Crippen molar-refractivity contribution < 1.29 is 4.52 Å². The van der Waals surface area contributed by atoms with Crippen LogP contribution < -0.4 is 0 Å². The lowest BCUT2D eigenvalue weighted by molar-refractivity contribution is 0.383. The highest BCUT2D eigenvalue weighted by Gasteiger charge is 2.05. The molecule has 0 bridgehead atoms. The Kier molecular flexibility index (Phi) is 2.31. The minimum atomic E-state index is 0.668. The van der Waals surface area contributed by atoms with Gasteiger partial charge >= 0.3 is 0 Å². The van der Waals surface area contributed by atoms with Crippen LogP contribution in [0.2, 0.25) is 0 Å². The molecular formula is C11H12N2O. The van der Waals surface area contributed by atoms with Crippen LogP contribution in [0.3, 0.4) is 0 Å². The molecule has 0 saturated heterocycles. The van der Waals surface area contributed by atoms with Crippen molar-refractivity contribution in [1.82, 2.24) is 10.1 Å². The van der Waals surface area contributed by atoms with E-state index in [4.69, 9.17) is 4.52 Å². The van der Waals surface area contributed by atoms with Gasteiger partial charge in [0.15, 0.2) is 0 Å². The molecule has 1 aromatic heterocycles. The molecule has 0 spiro atoms. The van der Waals surface area contributed by atoms with E-state index in [1.807, 2.05) is 31.2 Å². The van der Waals surface area contributed by atoms with Crippen molar-refractivity contribution in [2.75, 3.05) is 0 Å². The zero-order valence-corrected chi connectivity index (χ0v) is 8.32. The third-order valence-electron chi connectivity index (χ3n) is 2.08. The van der Waals surface area contributed by atoms with Gasteiger partial charge in [0, 0.05) is 12.0 Å². The van der Waals surface area contributed by atoms with Gasteiger partial charge in [0.2, 0.25) is 11.7 Å². The fourth-order valence-corrected chi connectivity index (χ4v) is 1.22. The van der Waals surface area contributed by atoms with Crippen LogP contribution in [-0.2, 0) is 6.42 Å². The highest BCUT2D eigenvalue weighted by atomic mass is 16.5. The molecule has 0 fully saturated rings. The molecule has 2 rings (SSSR count). The standard InChI is InChI=1S/C11H12N2O/c1-3-10-12-11(13-14-10)9-6-4-8(2)5-7-9/h4-7H,3H2,1-2H3. The molecule has 1 aromatic carbocycles. The van der Waals surface area contributed by atoms with Gasteiger partial charge in [-0.25, -0.2) is 0 Å². The maximum atomic E-state index is 5.04. The Labute approximate surface area is 82.8 Å². The van der Waals surface area contributed by atoms with Crippen LogP contribution in [0.5, 0.6) is 0 Å². The van der Waals surface area contributed by atoms with Gasteiger partial charge in [-0.15, -0.1) is 0 Å². The summed E-state index contributed by atoms with van der Waals surface area (Å²) in [4.78, 5) is 4.25. The number of nitrogens with zero attached hydrogens (tertiary/aromatic N) is 2. The molecule has 0 aliphatic carbocycles. The monoisotopic (exact) mass is 188 g/mol. The SMILES string of the molecule is CCc1nc(-c2ccc(C)cc2)no1. The summed E-state index contributed by atoms with van der Waals surface area (Å²) in [5.41, 5.74) is 2.23. The number of rotatable bonds is 2. The van der Waals surface area contributed by atoms with Gasteiger partial charge in [0.25, 0.3) is 0 Å². The van der Waals surface area contributed by atoms with Gasteiger partial charge in [-0.05, 0) is 6.92 Å². The van der Waals surface area contributed by atoms with Crippen LogP contribution >= 0.6 is 0 Å². The van der Waals surface area contributed by atoms with Gasteiger partial charge in [0.1, 0.15) is 0 Å². The zero-order chi connectivity index (χ0) is 9.97. The second kappa shape index (κ2) is 3.62. The maximum Gasteiger partial charge on any atom is 0.226 e. The summed E-state index contributed by atoms with van der Waals surface area (Å²) in [6, 6.07) is 8.08. The molecule has 72 valence electrons. The normalized spacial score (nSPS) is 10.4. The van der Waals surface area contributed by atoms with Gasteiger partial charge < -0.3 is 4.52 Å². The lowest BCUT2D eigenvalue weighted by Gasteiger charge is -1.94. The van der Waals surface area contributed by atoms with Crippen molar-refractivity contribution in [3.05, 3.63) is 35.7 Å². The van der Waals surface area contributed by atoms with Crippen LogP contribution in [0.15, 0.2) is 28.8 Å². The van der Waals surface area contributed by atoms with Crippen LogP contribution in [0.4, 0.5) is 0 Å². The number of hydrogen-bond donors (Lipinski definition) is 0. The van der Waals surface area contributed by atoms with Crippen molar-refractivity contribution in [3.8, 4) is 11.4 Å². The van der Waals surface area contributed by atoms with E-state index in [0.717, 1.165) is 12.0 Å². The van der Waals surface area contributed by atoms with Crippen molar-refractivity contribution in [2.24, 2.45) is 0 Å². The second-order valence-electron chi connectivity index (χ2n) is 3.23. The molecule has 3 heteroatoms. The van der Waals surface area contributed by atoms with Crippen molar-refractivity contribution in [2.45, 2.75) is 20.3 Å². The van der Waals surface area contributed by atoms with E-state index in [0.29, 0.717) is 11.7 Å². The molecule has 0 amide bonds. The Morgan fingerprint density at radius 3 is 2.50 bits per heavy atom. The summed E-state index contributed by atoms with van der Waals surface area (Å²) in [5, 5.41) is 3.90. The molecule has 0 radical (unpaired) electrons. The van der Waals surface area contributed by atoms with Crippen LogP contribution in [0, 0.1) is 6.92 Å². The van der Waals surface area contributed by atoms with E-state index in [-0.39, 0.29) is 0 Å².